The zero-order valence-electron chi connectivity index (χ0n) is 10.6. The fourth-order valence-electron chi connectivity index (χ4n) is 2.31. The van der Waals surface area contributed by atoms with Crippen LogP contribution < -0.4 is 5.73 Å². The summed E-state index contributed by atoms with van der Waals surface area (Å²) in [5.41, 5.74) is 7.64. The number of alkyl halides is 3. The van der Waals surface area contributed by atoms with Crippen molar-refractivity contribution in [2.75, 3.05) is 6.54 Å². The van der Waals surface area contributed by atoms with Crippen molar-refractivity contribution >= 4 is 10.9 Å². The number of aromatic nitrogens is 1. The predicted molar refractivity (Wildman–Crippen MR) is 70.0 cm³/mol. The lowest BCUT2D eigenvalue weighted by Gasteiger charge is -2.07. The van der Waals surface area contributed by atoms with Gasteiger partial charge < -0.3 is 10.3 Å². The molecule has 0 aliphatic rings. The Hall–Kier alpha value is -1.49. The summed E-state index contributed by atoms with van der Waals surface area (Å²) < 4.78 is 38.4. The van der Waals surface area contributed by atoms with Crippen molar-refractivity contribution in [3.8, 4) is 0 Å². The molecule has 5 heteroatoms. The third-order valence-electron chi connectivity index (χ3n) is 3.14. The Labute approximate surface area is 110 Å². The molecule has 0 bridgehead atoms. The van der Waals surface area contributed by atoms with E-state index >= 15 is 0 Å². The first-order chi connectivity index (χ1) is 9.01. The molecule has 0 atom stereocenters. The van der Waals surface area contributed by atoms with Crippen LogP contribution in [0.4, 0.5) is 13.2 Å². The van der Waals surface area contributed by atoms with E-state index < -0.39 is 12.6 Å². The molecule has 0 saturated carbocycles. The maximum Gasteiger partial charge on any atom is 0.389 e. The molecule has 2 rings (SSSR count). The van der Waals surface area contributed by atoms with Gasteiger partial charge in [-0.2, -0.15) is 13.2 Å². The van der Waals surface area contributed by atoms with E-state index in [1.54, 1.807) is 0 Å². The van der Waals surface area contributed by atoms with E-state index in [0.29, 0.717) is 13.1 Å². The molecule has 1 heterocycles. The summed E-state index contributed by atoms with van der Waals surface area (Å²) in [7, 11) is 0. The van der Waals surface area contributed by atoms with Crippen LogP contribution in [-0.2, 0) is 13.0 Å². The summed E-state index contributed by atoms with van der Waals surface area (Å²) in [5, 5.41) is 1.08. The second-order valence-corrected chi connectivity index (χ2v) is 4.62. The Balaban J connectivity index is 2.18. The van der Waals surface area contributed by atoms with E-state index in [-0.39, 0.29) is 6.42 Å². The fourth-order valence-corrected chi connectivity index (χ4v) is 2.31. The Morgan fingerprint density at radius 3 is 2.58 bits per heavy atom. The van der Waals surface area contributed by atoms with Gasteiger partial charge in [0.25, 0.3) is 0 Å². The molecule has 0 aliphatic heterocycles. The normalized spacial score (nSPS) is 12.2. The molecule has 0 amide bonds. The lowest BCUT2D eigenvalue weighted by molar-refractivity contribution is -0.135. The topological polar surface area (TPSA) is 30.9 Å². The minimum absolute atomic E-state index is 0.101. The number of nitrogens with zero attached hydrogens (tertiary/aromatic N) is 1. The summed E-state index contributed by atoms with van der Waals surface area (Å²) in [4.78, 5) is 0. The highest BCUT2D eigenvalue weighted by Crippen LogP contribution is 2.25. The third-order valence-corrected chi connectivity index (χ3v) is 3.14. The molecule has 0 spiro atoms. The lowest BCUT2D eigenvalue weighted by Crippen LogP contribution is -2.09. The first-order valence-electron chi connectivity index (χ1n) is 6.35. The van der Waals surface area contributed by atoms with Crippen molar-refractivity contribution in [2.45, 2.75) is 32.0 Å². The van der Waals surface area contributed by atoms with Gasteiger partial charge in [-0.1, -0.05) is 18.2 Å². The minimum Gasteiger partial charge on any atom is -0.347 e. The van der Waals surface area contributed by atoms with E-state index in [1.165, 1.54) is 0 Å². The molecule has 19 heavy (non-hydrogen) atoms. The van der Waals surface area contributed by atoms with E-state index in [4.69, 9.17) is 5.73 Å². The Morgan fingerprint density at radius 2 is 1.89 bits per heavy atom. The Bertz CT molecular complexity index is 543. The summed E-state index contributed by atoms with van der Waals surface area (Å²) >= 11 is 0. The van der Waals surface area contributed by atoms with Crippen LogP contribution in [0.25, 0.3) is 10.9 Å². The van der Waals surface area contributed by atoms with Gasteiger partial charge >= 0.3 is 6.18 Å². The van der Waals surface area contributed by atoms with Gasteiger partial charge in [0.15, 0.2) is 0 Å². The maximum atomic E-state index is 12.2. The maximum absolute atomic E-state index is 12.2. The van der Waals surface area contributed by atoms with Gasteiger partial charge in [-0.05, 0) is 31.0 Å². The molecule has 0 fully saturated rings. The quantitative estimate of drug-likeness (QED) is 0.886. The second kappa shape index (κ2) is 5.65. The molecular formula is C14H17F3N2. The van der Waals surface area contributed by atoms with Gasteiger partial charge in [-0.3, -0.25) is 0 Å². The van der Waals surface area contributed by atoms with Crippen LogP contribution in [-0.4, -0.2) is 17.3 Å². The molecule has 0 saturated heterocycles. The monoisotopic (exact) mass is 270 g/mol. The summed E-state index contributed by atoms with van der Waals surface area (Å²) in [6.07, 6.45) is -2.06. The van der Waals surface area contributed by atoms with Crippen molar-refractivity contribution in [1.29, 1.82) is 0 Å². The van der Waals surface area contributed by atoms with Gasteiger partial charge in [-0.15, -0.1) is 0 Å². The molecule has 1 aromatic heterocycles. The standard InChI is InChI=1S/C14H17F3N2/c15-14(16,17)7-3-9-19-10-11(6-8-18)12-4-1-2-5-13(12)19/h1-2,4-5,10H,3,6-9,18H2. The van der Waals surface area contributed by atoms with E-state index in [0.717, 1.165) is 22.9 Å². The zero-order chi connectivity index (χ0) is 13.9. The molecule has 104 valence electrons. The zero-order valence-corrected chi connectivity index (χ0v) is 10.6. The number of fused-ring (bicyclic) bond motifs is 1. The predicted octanol–water partition coefficient (Wildman–Crippen LogP) is 3.49. The number of halogens is 3. The first-order valence-corrected chi connectivity index (χ1v) is 6.35. The SMILES string of the molecule is NCCc1cn(CCCC(F)(F)F)c2ccccc12. The summed E-state index contributed by atoms with van der Waals surface area (Å²) in [6, 6.07) is 7.75. The highest BCUT2D eigenvalue weighted by atomic mass is 19.4. The fraction of sp³-hybridized carbons (Fsp3) is 0.429. The highest BCUT2D eigenvalue weighted by Gasteiger charge is 2.26. The number of hydrogen-bond acceptors (Lipinski definition) is 1. The van der Waals surface area contributed by atoms with Crippen molar-refractivity contribution < 1.29 is 13.2 Å². The van der Waals surface area contributed by atoms with Crippen LogP contribution in [0.2, 0.25) is 0 Å². The van der Waals surface area contributed by atoms with Gasteiger partial charge in [0.05, 0.1) is 0 Å². The molecule has 2 nitrogen and oxygen atoms in total. The number of nitrogens with two attached hydrogens (primary N) is 1. The van der Waals surface area contributed by atoms with Gasteiger partial charge in [0, 0.05) is 30.1 Å². The third kappa shape index (κ3) is 3.50. The first kappa shape index (κ1) is 13.9. The van der Waals surface area contributed by atoms with Gasteiger partial charge in [-0.25, -0.2) is 0 Å². The second-order valence-electron chi connectivity index (χ2n) is 4.62. The number of hydrogen-bond donors (Lipinski definition) is 1. The Kier molecular flexibility index (Phi) is 4.14. The highest BCUT2D eigenvalue weighted by molar-refractivity contribution is 5.84. The van der Waals surface area contributed by atoms with Gasteiger partial charge in [0.1, 0.15) is 0 Å². The van der Waals surface area contributed by atoms with E-state index in [9.17, 15) is 13.2 Å². The molecule has 0 aliphatic carbocycles. The average Bonchev–Trinajstić information content (AvgIpc) is 2.68. The molecule has 2 aromatic rings. The number of para-hydroxylation sites is 1. The van der Waals surface area contributed by atoms with E-state index in [1.807, 2.05) is 35.0 Å². The molecular weight excluding hydrogens is 253 g/mol. The molecule has 0 unspecified atom stereocenters. The van der Waals surface area contributed by atoms with Crippen LogP contribution >= 0.6 is 0 Å². The van der Waals surface area contributed by atoms with Crippen LogP contribution in [0.3, 0.4) is 0 Å². The number of benzene rings is 1. The van der Waals surface area contributed by atoms with Crippen molar-refractivity contribution in [3.05, 3.63) is 36.0 Å². The summed E-state index contributed by atoms with van der Waals surface area (Å²) in [5.74, 6) is 0. The van der Waals surface area contributed by atoms with E-state index in [2.05, 4.69) is 0 Å². The number of aryl methyl sites for hydroxylation is 1. The smallest absolute Gasteiger partial charge is 0.347 e. The van der Waals surface area contributed by atoms with Crippen LogP contribution in [0.1, 0.15) is 18.4 Å². The summed E-state index contributed by atoms with van der Waals surface area (Å²) in [6.45, 7) is 0.918. The minimum atomic E-state index is -4.08. The van der Waals surface area contributed by atoms with Gasteiger partial charge in [0.2, 0.25) is 0 Å². The van der Waals surface area contributed by atoms with Crippen LogP contribution in [0.5, 0.6) is 0 Å². The van der Waals surface area contributed by atoms with Crippen LogP contribution in [0.15, 0.2) is 30.5 Å². The van der Waals surface area contributed by atoms with Crippen molar-refractivity contribution in [2.24, 2.45) is 5.73 Å². The molecule has 1 aromatic carbocycles. The van der Waals surface area contributed by atoms with Crippen molar-refractivity contribution in [1.82, 2.24) is 4.57 Å². The molecule has 2 N–H and O–H groups in total. The Morgan fingerprint density at radius 1 is 1.16 bits per heavy atom. The molecule has 0 radical (unpaired) electrons. The van der Waals surface area contributed by atoms with Crippen LogP contribution in [0, 0.1) is 0 Å². The average molecular weight is 270 g/mol. The number of rotatable bonds is 5. The van der Waals surface area contributed by atoms with Crippen molar-refractivity contribution in [3.63, 3.8) is 0 Å². The lowest BCUT2D eigenvalue weighted by atomic mass is 10.1. The largest absolute Gasteiger partial charge is 0.389 e.